The fraction of sp³-hybridized carbons (Fsp3) is 0.357. The maximum atomic E-state index is 12.4. The number of halogens is 1. The van der Waals surface area contributed by atoms with E-state index in [0.717, 1.165) is 0 Å². The summed E-state index contributed by atoms with van der Waals surface area (Å²) in [5, 5.41) is 9.68. The van der Waals surface area contributed by atoms with E-state index in [1.807, 2.05) is 0 Å². The monoisotopic (exact) mass is 338 g/mol. The lowest BCUT2D eigenvalue weighted by Gasteiger charge is -2.14. The highest BCUT2D eigenvalue weighted by Gasteiger charge is 2.18. The van der Waals surface area contributed by atoms with Crippen molar-refractivity contribution in [2.45, 2.75) is 19.4 Å². The number of nitrogens with one attached hydrogen (secondary N) is 2. The van der Waals surface area contributed by atoms with Crippen LogP contribution in [0.15, 0.2) is 18.2 Å². The van der Waals surface area contributed by atoms with Crippen LogP contribution in [0, 0.1) is 0 Å². The molecular formula is C14H19ClN6O2. The quantitative estimate of drug-likeness (QED) is 0.562. The summed E-state index contributed by atoms with van der Waals surface area (Å²) in [5.74, 6) is 0.688. The van der Waals surface area contributed by atoms with Crippen LogP contribution in [0.3, 0.4) is 0 Å². The minimum absolute atomic E-state index is 0.124. The van der Waals surface area contributed by atoms with E-state index in [4.69, 9.17) is 27.8 Å². The number of aromatic amines is 1. The van der Waals surface area contributed by atoms with Gasteiger partial charge in [0.25, 0.3) is 5.91 Å². The molecule has 124 valence electrons. The summed E-state index contributed by atoms with van der Waals surface area (Å²) in [5.41, 5.74) is 11.3. The van der Waals surface area contributed by atoms with Gasteiger partial charge in [0.05, 0.1) is 18.2 Å². The van der Waals surface area contributed by atoms with Crippen LogP contribution in [-0.4, -0.2) is 34.2 Å². The fourth-order valence-electron chi connectivity index (χ4n) is 1.89. The minimum atomic E-state index is -0.389. The molecule has 23 heavy (non-hydrogen) atoms. The second-order valence-corrected chi connectivity index (χ2v) is 5.34. The van der Waals surface area contributed by atoms with E-state index in [1.165, 1.54) is 0 Å². The van der Waals surface area contributed by atoms with Gasteiger partial charge < -0.3 is 21.5 Å². The number of benzene rings is 1. The number of nitrogens with two attached hydrogens (primary N) is 2. The number of ether oxygens (including phenoxy) is 1. The van der Waals surface area contributed by atoms with Gasteiger partial charge in [0.2, 0.25) is 5.95 Å². The first-order valence-corrected chi connectivity index (χ1v) is 7.50. The van der Waals surface area contributed by atoms with E-state index in [-0.39, 0.29) is 17.9 Å². The van der Waals surface area contributed by atoms with Crippen molar-refractivity contribution in [3.8, 4) is 5.75 Å². The number of rotatable bonds is 7. The average Bonchev–Trinajstić information content (AvgIpc) is 2.94. The molecule has 0 spiro atoms. The van der Waals surface area contributed by atoms with Gasteiger partial charge in [-0.3, -0.25) is 9.89 Å². The number of nitrogens with zero attached hydrogens (tertiary/aromatic N) is 2. The Morgan fingerprint density at radius 1 is 1.52 bits per heavy atom. The number of carbonyl (C=O) groups is 1. The third kappa shape index (κ3) is 4.57. The van der Waals surface area contributed by atoms with Crippen molar-refractivity contribution >= 4 is 23.5 Å². The van der Waals surface area contributed by atoms with Crippen molar-refractivity contribution < 1.29 is 9.53 Å². The molecule has 1 aromatic heterocycles. The summed E-state index contributed by atoms with van der Waals surface area (Å²) in [4.78, 5) is 16.4. The van der Waals surface area contributed by atoms with E-state index in [9.17, 15) is 4.79 Å². The summed E-state index contributed by atoms with van der Waals surface area (Å²) in [6.45, 7) is 2.68. The van der Waals surface area contributed by atoms with Crippen LogP contribution in [-0.2, 0) is 0 Å². The SMILES string of the molecule is C[C@H](NC(=O)c1ccc(Cl)cc1OCCCN)c1nc(N)n[nH]1. The number of nitrogen functional groups attached to an aromatic ring is 1. The van der Waals surface area contributed by atoms with Crippen molar-refractivity contribution in [1.29, 1.82) is 0 Å². The van der Waals surface area contributed by atoms with Gasteiger partial charge in [0.15, 0.2) is 0 Å². The Hall–Kier alpha value is -2.32. The second-order valence-electron chi connectivity index (χ2n) is 4.91. The van der Waals surface area contributed by atoms with Gasteiger partial charge in [-0.25, -0.2) is 0 Å². The van der Waals surface area contributed by atoms with Crippen LogP contribution in [0.2, 0.25) is 5.02 Å². The van der Waals surface area contributed by atoms with Crippen molar-refractivity contribution in [3.63, 3.8) is 0 Å². The Bertz CT molecular complexity index is 675. The highest BCUT2D eigenvalue weighted by molar-refractivity contribution is 6.30. The highest BCUT2D eigenvalue weighted by atomic mass is 35.5. The highest BCUT2D eigenvalue weighted by Crippen LogP contribution is 2.24. The summed E-state index contributed by atoms with van der Waals surface area (Å²) in [7, 11) is 0. The zero-order chi connectivity index (χ0) is 16.8. The standard InChI is InChI=1S/C14H19ClN6O2/c1-8(12-19-14(17)21-20-12)18-13(22)10-4-3-9(15)7-11(10)23-6-2-5-16/h3-4,7-8H,2,5-6,16H2,1H3,(H,18,22)(H3,17,19,20,21)/t8-/m0/s1. The summed E-state index contributed by atoms with van der Waals surface area (Å²) in [6.07, 6.45) is 0.682. The first-order chi connectivity index (χ1) is 11.0. The van der Waals surface area contributed by atoms with Crippen LogP contribution in [0.5, 0.6) is 5.75 Å². The molecule has 1 heterocycles. The number of hydrogen-bond acceptors (Lipinski definition) is 6. The first-order valence-electron chi connectivity index (χ1n) is 7.12. The third-order valence-corrected chi connectivity index (χ3v) is 3.31. The molecule has 1 atom stereocenters. The van der Waals surface area contributed by atoms with Gasteiger partial charge in [0, 0.05) is 5.02 Å². The number of amides is 1. The molecule has 0 bridgehead atoms. The van der Waals surface area contributed by atoms with Gasteiger partial charge in [-0.1, -0.05) is 11.6 Å². The normalized spacial score (nSPS) is 12.0. The van der Waals surface area contributed by atoms with Crippen LogP contribution < -0.4 is 21.5 Å². The number of anilines is 1. The predicted molar refractivity (Wildman–Crippen MR) is 87.3 cm³/mol. The smallest absolute Gasteiger partial charge is 0.255 e. The summed E-state index contributed by atoms with van der Waals surface area (Å²) in [6, 6.07) is 4.45. The molecule has 0 unspecified atom stereocenters. The van der Waals surface area contributed by atoms with E-state index >= 15 is 0 Å². The Balaban J connectivity index is 2.11. The third-order valence-electron chi connectivity index (χ3n) is 3.07. The van der Waals surface area contributed by atoms with Gasteiger partial charge in [-0.05, 0) is 38.1 Å². The van der Waals surface area contributed by atoms with Gasteiger partial charge in [0.1, 0.15) is 11.6 Å². The lowest BCUT2D eigenvalue weighted by Crippen LogP contribution is -2.28. The van der Waals surface area contributed by atoms with Gasteiger partial charge >= 0.3 is 0 Å². The molecule has 2 rings (SSSR count). The number of aromatic nitrogens is 3. The predicted octanol–water partition coefficient (Wildman–Crippen LogP) is 1.26. The molecule has 9 heteroatoms. The van der Waals surface area contributed by atoms with E-state index in [1.54, 1.807) is 25.1 Å². The Labute approximate surface area is 138 Å². The molecule has 1 aromatic carbocycles. The minimum Gasteiger partial charge on any atom is -0.493 e. The van der Waals surface area contributed by atoms with Crippen LogP contribution in [0.1, 0.15) is 35.6 Å². The number of hydrogen-bond donors (Lipinski definition) is 4. The summed E-state index contributed by atoms with van der Waals surface area (Å²) < 4.78 is 5.59. The number of carbonyl (C=O) groups excluding carboxylic acids is 1. The van der Waals surface area contributed by atoms with Crippen molar-refractivity contribution in [1.82, 2.24) is 20.5 Å². The maximum Gasteiger partial charge on any atom is 0.255 e. The van der Waals surface area contributed by atoms with E-state index in [0.29, 0.717) is 41.7 Å². The molecule has 0 aliphatic rings. The maximum absolute atomic E-state index is 12.4. The van der Waals surface area contributed by atoms with Crippen molar-refractivity contribution in [2.75, 3.05) is 18.9 Å². The van der Waals surface area contributed by atoms with Gasteiger partial charge in [-0.2, -0.15) is 4.98 Å². The lowest BCUT2D eigenvalue weighted by molar-refractivity contribution is 0.0934. The van der Waals surface area contributed by atoms with Gasteiger partial charge in [-0.15, -0.1) is 5.10 Å². The lowest BCUT2D eigenvalue weighted by atomic mass is 10.1. The van der Waals surface area contributed by atoms with Crippen LogP contribution in [0.4, 0.5) is 5.95 Å². The largest absolute Gasteiger partial charge is 0.493 e. The molecule has 1 amide bonds. The number of H-pyrrole nitrogens is 1. The zero-order valence-corrected chi connectivity index (χ0v) is 13.4. The Morgan fingerprint density at radius 3 is 2.96 bits per heavy atom. The molecular weight excluding hydrogens is 320 g/mol. The Morgan fingerprint density at radius 2 is 2.30 bits per heavy atom. The van der Waals surface area contributed by atoms with Crippen LogP contribution in [0.25, 0.3) is 0 Å². The van der Waals surface area contributed by atoms with Crippen molar-refractivity contribution in [3.05, 3.63) is 34.6 Å². The molecule has 0 aliphatic carbocycles. The van der Waals surface area contributed by atoms with Crippen LogP contribution >= 0.6 is 11.6 Å². The van der Waals surface area contributed by atoms with Crippen molar-refractivity contribution in [2.24, 2.45) is 5.73 Å². The molecule has 2 aromatic rings. The molecule has 0 saturated heterocycles. The first kappa shape index (κ1) is 17.0. The van der Waals surface area contributed by atoms with E-state index in [2.05, 4.69) is 20.5 Å². The molecule has 0 aliphatic heterocycles. The fourth-order valence-corrected chi connectivity index (χ4v) is 2.06. The molecule has 0 fully saturated rings. The average molecular weight is 339 g/mol. The second kappa shape index (κ2) is 7.80. The van der Waals surface area contributed by atoms with E-state index < -0.39 is 0 Å². The molecule has 0 saturated carbocycles. The zero-order valence-electron chi connectivity index (χ0n) is 12.7. The molecule has 0 radical (unpaired) electrons. The summed E-state index contributed by atoms with van der Waals surface area (Å²) >= 11 is 5.97. The Kier molecular flexibility index (Phi) is 5.78. The molecule has 6 N–H and O–H groups in total. The molecule has 8 nitrogen and oxygen atoms in total. The topological polar surface area (TPSA) is 132 Å².